The van der Waals surface area contributed by atoms with Gasteiger partial charge in [-0.1, -0.05) is 43.6 Å². The molecule has 0 fully saturated rings. The third-order valence-electron chi connectivity index (χ3n) is 5.57. The van der Waals surface area contributed by atoms with Crippen LogP contribution in [0, 0.1) is 6.92 Å². The van der Waals surface area contributed by atoms with Gasteiger partial charge >= 0.3 is 0 Å². The molecule has 0 aliphatic carbocycles. The average Bonchev–Trinajstić information content (AvgIpc) is 2.80. The minimum absolute atomic E-state index is 0.125. The predicted molar refractivity (Wildman–Crippen MR) is 136 cm³/mol. The molecule has 0 bridgehead atoms. The Morgan fingerprint density at radius 2 is 1.65 bits per heavy atom. The van der Waals surface area contributed by atoms with E-state index in [2.05, 4.69) is 30.0 Å². The molecule has 8 heteroatoms. The van der Waals surface area contributed by atoms with E-state index in [-0.39, 0.29) is 33.1 Å². The molecule has 180 valence electrons. The van der Waals surface area contributed by atoms with Gasteiger partial charge in [0, 0.05) is 5.69 Å². The monoisotopic (exact) mass is 500 g/mol. The zero-order valence-electron chi connectivity index (χ0n) is 19.8. The third-order valence-corrected chi connectivity index (χ3v) is 7.30. The summed E-state index contributed by atoms with van der Waals surface area (Å²) in [6, 6.07) is 16.2. The number of carbonyl (C=O) groups is 1. The Hall–Kier alpha value is -3.03. The number of ether oxygens (including phenoxy) is 1. The van der Waals surface area contributed by atoms with Crippen molar-refractivity contribution in [3.8, 4) is 5.75 Å². The molecular weight excluding hydrogens is 472 g/mol. The second-order valence-corrected chi connectivity index (χ2v) is 10.5. The molecule has 3 aromatic carbocycles. The second-order valence-electron chi connectivity index (χ2n) is 8.41. The number of rotatable bonds is 8. The lowest BCUT2D eigenvalue weighted by molar-refractivity contribution is 0.0940. The summed E-state index contributed by atoms with van der Waals surface area (Å²) in [4.78, 5) is 13.2. The van der Waals surface area contributed by atoms with Crippen molar-refractivity contribution in [3.63, 3.8) is 0 Å². The number of aryl methyl sites for hydroxylation is 1. The molecule has 0 saturated carbocycles. The van der Waals surface area contributed by atoms with Crippen LogP contribution in [0.1, 0.15) is 59.8 Å². The minimum Gasteiger partial charge on any atom is -0.496 e. The highest BCUT2D eigenvalue weighted by atomic mass is 35.5. The first-order valence-electron chi connectivity index (χ1n) is 10.9. The van der Waals surface area contributed by atoms with Crippen molar-refractivity contribution >= 4 is 33.2 Å². The Kier molecular flexibility index (Phi) is 7.89. The van der Waals surface area contributed by atoms with E-state index < -0.39 is 15.9 Å². The molecule has 1 amide bonds. The van der Waals surface area contributed by atoms with E-state index in [1.54, 1.807) is 25.3 Å². The van der Waals surface area contributed by atoms with E-state index in [0.29, 0.717) is 0 Å². The largest absolute Gasteiger partial charge is 0.496 e. The molecule has 0 aliphatic rings. The van der Waals surface area contributed by atoms with Crippen molar-refractivity contribution in [2.24, 2.45) is 0 Å². The predicted octanol–water partition coefficient (Wildman–Crippen LogP) is 6.07. The van der Waals surface area contributed by atoms with Crippen LogP contribution in [0.25, 0.3) is 0 Å². The molecule has 0 spiro atoms. The quantitative estimate of drug-likeness (QED) is 0.393. The molecular formula is C26H29ClN2O4S. The van der Waals surface area contributed by atoms with Gasteiger partial charge in [0.1, 0.15) is 5.75 Å². The fourth-order valence-electron chi connectivity index (χ4n) is 3.74. The molecule has 0 aromatic heterocycles. The molecule has 0 radical (unpaired) electrons. The number of halogens is 1. The van der Waals surface area contributed by atoms with Crippen molar-refractivity contribution in [1.29, 1.82) is 0 Å². The van der Waals surface area contributed by atoms with Crippen molar-refractivity contribution in [2.45, 2.75) is 44.6 Å². The first-order valence-corrected chi connectivity index (χ1v) is 12.8. The number of benzene rings is 3. The molecule has 0 heterocycles. The molecule has 6 nitrogen and oxygen atoms in total. The molecule has 1 atom stereocenters. The molecule has 3 rings (SSSR count). The van der Waals surface area contributed by atoms with E-state index in [9.17, 15) is 13.2 Å². The van der Waals surface area contributed by atoms with Crippen LogP contribution in [0.2, 0.25) is 5.02 Å². The van der Waals surface area contributed by atoms with Gasteiger partial charge < -0.3 is 10.1 Å². The normalized spacial score (nSPS) is 12.3. The van der Waals surface area contributed by atoms with Crippen LogP contribution in [-0.2, 0) is 10.0 Å². The number of hydrogen-bond donors (Lipinski definition) is 2. The lowest BCUT2D eigenvalue weighted by atomic mass is 9.93. The first kappa shape index (κ1) is 25.6. The Morgan fingerprint density at radius 1 is 0.971 bits per heavy atom. The maximum absolute atomic E-state index is 13.1. The number of hydrogen-bond acceptors (Lipinski definition) is 4. The van der Waals surface area contributed by atoms with Crippen LogP contribution in [0.4, 0.5) is 5.69 Å². The second kappa shape index (κ2) is 10.5. The lowest BCUT2D eigenvalue weighted by Crippen LogP contribution is -2.27. The Bertz CT molecular complexity index is 1290. The molecule has 1 unspecified atom stereocenters. The number of methoxy groups -OCH3 is 1. The van der Waals surface area contributed by atoms with Gasteiger partial charge in [-0.25, -0.2) is 8.42 Å². The summed E-state index contributed by atoms with van der Waals surface area (Å²) < 4.78 is 33.3. The SMILES string of the molecule is COc1cc(C)c(C(C)NC(=O)c2cc(NS(=O)(=O)c3ccccc3)ccc2Cl)cc1C(C)C. The number of amides is 1. The van der Waals surface area contributed by atoms with Gasteiger partial charge in [0.05, 0.1) is 28.6 Å². The van der Waals surface area contributed by atoms with E-state index in [4.69, 9.17) is 16.3 Å². The highest BCUT2D eigenvalue weighted by Crippen LogP contribution is 2.32. The number of nitrogens with one attached hydrogen (secondary N) is 2. The van der Waals surface area contributed by atoms with Gasteiger partial charge in [-0.15, -0.1) is 0 Å². The van der Waals surface area contributed by atoms with Crippen molar-refractivity contribution in [2.75, 3.05) is 11.8 Å². The zero-order chi connectivity index (χ0) is 25.0. The van der Waals surface area contributed by atoms with Crippen LogP contribution in [0.5, 0.6) is 5.75 Å². The highest BCUT2D eigenvalue weighted by Gasteiger charge is 2.20. The van der Waals surface area contributed by atoms with Gasteiger partial charge in [0.25, 0.3) is 15.9 Å². The topological polar surface area (TPSA) is 84.5 Å². The molecule has 34 heavy (non-hydrogen) atoms. The Morgan fingerprint density at radius 3 is 2.26 bits per heavy atom. The molecule has 0 saturated heterocycles. The van der Waals surface area contributed by atoms with Gasteiger partial charge in [-0.2, -0.15) is 0 Å². The van der Waals surface area contributed by atoms with Gasteiger partial charge in [-0.05, 0) is 78.9 Å². The Balaban J connectivity index is 1.85. The highest BCUT2D eigenvalue weighted by molar-refractivity contribution is 7.92. The van der Waals surface area contributed by atoms with Gasteiger partial charge in [0.15, 0.2) is 0 Å². The lowest BCUT2D eigenvalue weighted by Gasteiger charge is -2.21. The third kappa shape index (κ3) is 5.72. The molecule has 2 N–H and O–H groups in total. The van der Waals surface area contributed by atoms with Crippen molar-refractivity contribution in [1.82, 2.24) is 5.32 Å². The summed E-state index contributed by atoms with van der Waals surface area (Å²) in [5.41, 5.74) is 3.43. The van der Waals surface area contributed by atoms with Gasteiger partial charge in [0.2, 0.25) is 0 Å². The van der Waals surface area contributed by atoms with Crippen LogP contribution in [0.15, 0.2) is 65.6 Å². The summed E-state index contributed by atoms with van der Waals surface area (Å²) in [6.07, 6.45) is 0. The Labute approximate surface area is 206 Å². The summed E-state index contributed by atoms with van der Waals surface area (Å²) in [6.45, 7) is 8.03. The molecule has 0 aliphatic heterocycles. The standard InChI is InChI=1S/C26H29ClN2O4S/c1-16(2)21-15-22(17(3)13-25(21)33-5)18(4)28-26(30)23-14-19(11-12-24(23)27)29-34(31,32)20-9-7-6-8-10-20/h6-16,18,29H,1-5H3,(H,28,30). The van der Waals surface area contributed by atoms with Crippen LogP contribution < -0.4 is 14.8 Å². The van der Waals surface area contributed by atoms with Crippen molar-refractivity contribution < 1.29 is 17.9 Å². The first-order chi connectivity index (χ1) is 16.0. The number of carbonyl (C=O) groups excluding carboxylic acids is 1. The van der Waals surface area contributed by atoms with E-state index in [1.807, 2.05) is 19.9 Å². The maximum Gasteiger partial charge on any atom is 0.261 e. The van der Waals surface area contributed by atoms with E-state index in [0.717, 1.165) is 22.4 Å². The van der Waals surface area contributed by atoms with Crippen LogP contribution in [-0.4, -0.2) is 21.4 Å². The smallest absolute Gasteiger partial charge is 0.261 e. The summed E-state index contributed by atoms with van der Waals surface area (Å²) in [5.74, 6) is 0.664. The van der Waals surface area contributed by atoms with E-state index >= 15 is 0 Å². The summed E-state index contributed by atoms with van der Waals surface area (Å²) in [7, 11) is -2.15. The number of sulfonamides is 1. The fraction of sp³-hybridized carbons (Fsp3) is 0.269. The molecule has 3 aromatic rings. The maximum atomic E-state index is 13.1. The average molecular weight is 501 g/mol. The minimum atomic E-state index is -3.80. The van der Waals surface area contributed by atoms with E-state index in [1.165, 1.54) is 30.3 Å². The summed E-state index contributed by atoms with van der Waals surface area (Å²) in [5, 5.41) is 3.20. The summed E-state index contributed by atoms with van der Waals surface area (Å²) >= 11 is 6.29. The van der Waals surface area contributed by atoms with Crippen LogP contribution in [0.3, 0.4) is 0 Å². The van der Waals surface area contributed by atoms with Gasteiger partial charge in [-0.3, -0.25) is 9.52 Å². The zero-order valence-corrected chi connectivity index (χ0v) is 21.4. The fourth-order valence-corrected chi connectivity index (χ4v) is 5.01. The van der Waals surface area contributed by atoms with Crippen LogP contribution >= 0.6 is 11.6 Å². The number of anilines is 1. The van der Waals surface area contributed by atoms with Crippen molar-refractivity contribution in [3.05, 3.63) is 87.9 Å².